The van der Waals surface area contributed by atoms with E-state index in [0.717, 1.165) is 16.9 Å². The molecule has 1 heterocycles. The van der Waals surface area contributed by atoms with Gasteiger partial charge in [0.25, 0.3) is 5.91 Å². The molecule has 0 aliphatic carbocycles. The number of hydrogen-bond donors (Lipinski definition) is 2. The van der Waals surface area contributed by atoms with Crippen LogP contribution in [0.5, 0.6) is 0 Å². The number of rotatable bonds is 4. The summed E-state index contributed by atoms with van der Waals surface area (Å²) in [6.45, 7) is 4.66. The Kier molecular flexibility index (Phi) is 4.66. The predicted octanol–water partition coefficient (Wildman–Crippen LogP) is 3.84. The fourth-order valence-corrected chi connectivity index (χ4v) is 3.07. The summed E-state index contributed by atoms with van der Waals surface area (Å²) in [6.07, 6.45) is 1.000. The second-order valence-corrected chi connectivity index (χ2v) is 5.92. The van der Waals surface area contributed by atoms with Gasteiger partial charge in [-0.3, -0.25) is 4.79 Å². The molecule has 2 rings (SSSR count). The van der Waals surface area contributed by atoms with Crippen LogP contribution >= 0.6 is 24.0 Å². The Labute approximate surface area is 123 Å². The lowest BCUT2D eigenvalue weighted by molar-refractivity contribution is 0.0950. The molecule has 1 aromatic heterocycles. The highest BCUT2D eigenvalue weighted by Gasteiger charge is 2.10. The summed E-state index contributed by atoms with van der Waals surface area (Å²) in [7, 11) is 0. The average molecular weight is 291 g/mol. The predicted molar refractivity (Wildman–Crippen MR) is 83.3 cm³/mol. The molecule has 0 bridgehead atoms. The van der Waals surface area contributed by atoms with Gasteiger partial charge in [0, 0.05) is 15.3 Å². The first kappa shape index (κ1) is 14.2. The van der Waals surface area contributed by atoms with Crippen LogP contribution in [0, 0.1) is 6.92 Å². The number of amides is 1. The number of carbonyl (C=O) groups excluding carboxylic acids is 1. The maximum absolute atomic E-state index is 12.2. The van der Waals surface area contributed by atoms with Crippen LogP contribution in [0.4, 0.5) is 0 Å². The van der Waals surface area contributed by atoms with Gasteiger partial charge < -0.3 is 5.32 Å². The van der Waals surface area contributed by atoms with E-state index in [2.05, 4.69) is 36.3 Å². The van der Waals surface area contributed by atoms with Crippen molar-refractivity contribution in [3.63, 3.8) is 0 Å². The van der Waals surface area contributed by atoms with Gasteiger partial charge in [-0.1, -0.05) is 13.0 Å². The fraction of sp³-hybridized carbons (Fsp3) is 0.267. The van der Waals surface area contributed by atoms with Crippen molar-refractivity contribution >= 4 is 29.9 Å². The lowest BCUT2D eigenvalue weighted by atomic mass is 10.1. The van der Waals surface area contributed by atoms with E-state index >= 15 is 0 Å². The van der Waals surface area contributed by atoms with Gasteiger partial charge in [-0.2, -0.15) is 0 Å². The summed E-state index contributed by atoms with van der Waals surface area (Å²) in [6, 6.07) is 7.73. The maximum atomic E-state index is 12.2. The Morgan fingerprint density at radius 3 is 2.89 bits per heavy atom. The molecule has 1 aromatic carbocycles. The Morgan fingerprint density at radius 2 is 2.16 bits per heavy atom. The standard InChI is InChI=1S/C15H17NOS2/c1-3-11-6-7-19-14(11)9-16-15(17)13-8-12(18)5-4-10(13)2/h4-8,18H,3,9H2,1-2H3,(H,16,17). The van der Waals surface area contributed by atoms with Crippen LogP contribution in [0.15, 0.2) is 34.5 Å². The molecule has 0 aliphatic rings. The topological polar surface area (TPSA) is 29.1 Å². The Balaban J connectivity index is 2.07. The number of aryl methyl sites for hydroxylation is 2. The number of thiol groups is 1. The van der Waals surface area contributed by atoms with Gasteiger partial charge >= 0.3 is 0 Å². The van der Waals surface area contributed by atoms with Crippen molar-refractivity contribution in [2.45, 2.75) is 31.7 Å². The van der Waals surface area contributed by atoms with Crippen molar-refractivity contribution in [2.75, 3.05) is 0 Å². The van der Waals surface area contributed by atoms with E-state index in [9.17, 15) is 4.79 Å². The second kappa shape index (κ2) is 6.26. The smallest absolute Gasteiger partial charge is 0.251 e. The van der Waals surface area contributed by atoms with Crippen LogP contribution in [0.25, 0.3) is 0 Å². The summed E-state index contributed by atoms with van der Waals surface area (Å²) in [5.74, 6) is -0.0381. The maximum Gasteiger partial charge on any atom is 0.251 e. The number of hydrogen-bond acceptors (Lipinski definition) is 3. The van der Waals surface area contributed by atoms with E-state index in [1.165, 1.54) is 10.4 Å². The third kappa shape index (κ3) is 3.39. The molecule has 0 unspecified atom stereocenters. The molecule has 0 aliphatic heterocycles. The molecule has 1 amide bonds. The Hall–Kier alpha value is -1.26. The van der Waals surface area contributed by atoms with E-state index < -0.39 is 0 Å². The van der Waals surface area contributed by atoms with Crippen LogP contribution in [0.2, 0.25) is 0 Å². The van der Waals surface area contributed by atoms with Crippen molar-refractivity contribution in [2.24, 2.45) is 0 Å². The first-order valence-electron chi connectivity index (χ1n) is 6.25. The normalized spacial score (nSPS) is 10.5. The zero-order valence-electron chi connectivity index (χ0n) is 11.1. The monoisotopic (exact) mass is 291 g/mol. The largest absolute Gasteiger partial charge is 0.347 e. The molecule has 0 saturated heterocycles. The molecule has 0 fully saturated rings. The van der Waals surface area contributed by atoms with Crippen LogP contribution in [-0.2, 0) is 13.0 Å². The van der Waals surface area contributed by atoms with E-state index in [-0.39, 0.29) is 5.91 Å². The third-order valence-corrected chi connectivity index (χ3v) is 4.34. The molecule has 19 heavy (non-hydrogen) atoms. The summed E-state index contributed by atoms with van der Waals surface area (Å²) in [5, 5.41) is 5.05. The van der Waals surface area contributed by atoms with Gasteiger partial charge in [0.05, 0.1) is 6.54 Å². The lowest BCUT2D eigenvalue weighted by Gasteiger charge is -2.08. The van der Waals surface area contributed by atoms with Gasteiger partial charge in [0.1, 0.15) is 0 Å². The van der Waals surface area contributed by atoms with Crippen molar-refractivity contribution in [3.05, 3.63) is 51.2 Å². The van der Waals surface area contributed by atoms with E-state index in [4.69, 9.17) is 0 Å². The first-order valence-corrected chi connectivity index (χ1v) is 7.57. The third-order valence-electron chi connectivity index (χ3n) is 3.09. The number of nitrogens with one attached hydrogen (secondary N) is 1. The Morgan fingerprint density at radius 1 is 1.37 bits per heavy atom. The van der Waals surface area contributed by atoms with Crippen molar-refractivity contribution in [1.82, 2.24) is 5.32 Å². The molecule has 0 spiro atoms. The van der Waals surface area contributed by atoms with E-state index in [0.29, 0.717) is 12.1 Å². The highest BCUT2D eigenvalue weighted by molar-refractivity contribution is 7.80. The van der Waals surface area contributed by atoms with Gasteiger partial charge in [0.2, 0.25) is 0 Å². The summed E-state index contributed by atoms with van der Waals surface area (Å²) >= 11 is 5.97. The number of thiophene rings is 1. The molecular weight excluding hydrogens is 274 g/mol. The van der Waals surface area contributed by atoms with Crippen LogP contribution in [0.3, 0.4) is 0 Å². The molecule has 2 aromatic rings. The van der Waals surface area contributed by atoms with Crippen LogP contribution < -0.4 is 5.32 Å². The van der Waals surface area contributed by atoms with Crippen molar-refractivity contribution in [1.29, 1.82) is 0 Å². The molecule has 2 nitrogen and oxygen atoms in total. The minimum atomic E-state index is -0.0381. The summed E-state index contributed by atoms with van der Waals surface area (Å²) < 4.78 is 0. The highest BCUT2D eigenvalue weighted by Crippen LogP contribution is 2.18. The number of carbonyl (C=O) groups is 1. The van der Waals surface area contributed by atoms with Crippen LogP contribution in [0.1, 0.15) is 33.3 Å². The summed E-state index contributed by atoms with van der Waals surface area (Å²) in [4.78, 5) is 14.2. The quantitative estimate of drug-likeness (QED) is 0.823. The van der Waals surface area contributed by atoms with E-state index in [1.54, 1.807) is 11.3 Å². The van der Waals surface area contributed by atoms with E-state index in [1.807, 2.05) is 25.1 Å². The number of benzene rings is 1. The minimum absolute atomic E-state index is 0.0381. The SMILES string of the molecule is CCc1ccsc1CNC(=O)c1cc(S)ccc1C. The van der Waals surface area contributed by atoms with Gasteiger partial charge in [0.15, 0.2) is 0 Å². The van der Waals surface area contributed by atoms with Crippen molar-refractivity contribution < 1.29 is 4.79 Å². The molecular formula is C15H17NOS2. The minimum Gasteiger partial charge on any atom is -0.347 e. The molecule has 1 N–H and O–H groups in total. The average Bonchev–Trinajstić information content (AvgIpc) is 2.86. The fourth-order valence-electron chi connectivity index (χ4n) is 1.95. The molecule has 4 heteroatoms. The summed E-state index contributed by atoms with van der Waals surface area (Å²) in [5.41, 5.74) is 2.98. The van der Waals surface area contributed by atoms with Gasteiger partial charge in [-0.25, -0.2) is 0 Å². The Bertz CT molecular complexity index is 590. The van der Waals surface area contributed by atoms with Crippen molar-refractivity contribution in [3.8, 4) is 0 Å². The van der Waals surface area contributed by atoms with Gasteiger partial charge in [-0.05, 0) is 48.1 Å². The zero-order chi connectivity index (χ0) is 13.8. The van der Waals surface area contributed by atoms with Crippen LogP contribution in [-0.4, -0.2) is 5.91 Å². The van der Waals surface area contributed by atoms with Gasteiger partial charge in [-0.15, -0.1) is 24.0 Å². The zero-order valence-corrected chi connectivity index (χ0v) is 12.8. The molecule has 0 saturated carbocycles. The molecule has 100 valence electrons. The molecule has 0 atom stereocenters. The second-order valence-electron chi connectivity index (χ2n) is 4.40. The molecule has 0 radical (unpaired) electrons. The highest BCUT2D eigenvalue weighted by atomic mass is 32.1. The lowest BCUT2D eigenvalue weighted by Crippen LogP contribution is -2.23. The first-order chi connectivity index (χ1) is 9.11.